The molecule has 10 heterocycles. The summed E-state index contributed by atoms with van der Waals surface area (Å²) in [4.78, 5) is 110. The molecule has 0 aromatic carbocycles. The zero-order valence-electron chi connectivity index (χ0n) is 53.6. The number of carboxylic acid groups (broad SMARTS) is 1. The second kappa shape index (κ2) is 27.1. The average molecular weight is 1260 g/mol. The van der Waals surface area contributed by atoms with Crippen molar-refractivity contribution in [1.82, 2.24) is 68.9 Å². The molecule has 6 aliphatic rings. The number of anilines is 4. The molecule has 27 nitrogen and oxygen atoms in total. The maximum Gasteiger partial charge on any atom is 0.410 e. The van der Waals surface area contributed by atoms with Gasteiger partial charge in [-0.3, -0.25) is 14.4 Å². The summed E-state index contributed by atoms with van der Waals surface area (Å²) in [5, 5.41) is 40.8. The number of rotatable bonds is 10. The van der Waals surface area contributed by atoms with Crippen LogP contribution in [0.15, 0.2) is 61.2 Å². The van der Waals surface area contributed by atoms with Crippen LogP contribution < -0.4 is 16.0 Å². The maximum atomic E-state index is 13.4. The number of nitrogens with zero attached hydrogens (tertiary/aromatic N) is 13. The van der Waals surface area contributed by atoms with E-state index in [-0.39, 0.29) is 71.2 Å². The standard InChI is InChI=1S/C32H42N8O5.C20H22N6O3.C12H22N2O3/c1-32(2,3)45-31(44)39-17-21-15-38(16-22(18-39)26(21)41)28(42)19-10-11-25(33-13-19)35-30-34-14-20-12-24(29(43)37(4)5)40(27(20)36-30)23-8-6-7-9-23;1-25(2)18(27)15-9-13-11-22-20(23-16-8-7-12(10-21-16)19(28)29)24-17(13)26(15)14-5-3-4-6-14;1-12(2,3)17-11(16)14-6-8-4-13-5-9(7-14)10(8)15/h10-14,21-23,26,41H,6-9,15-18H2,1-5H3,(H,33,34,35,36);7-11,14H,3-6H2,1-2H3,(H,28,29)(H,21,22,23,24);8-10,13,15H,4-7H2,1-3H3/t21-,22+,26?;;8-,9+,10?. The molecule has 2 aliphatic carbocycles. The molecule has 4 aliphatic heterocycles. The van der Waals surface area contributed by atoms with Crippen LogP contribution in [0, 0.1) is 23.7 Å². The van der Waals surface area contributed by atoms with E-state index in [2.05, 4.69) is 45.4 Å². The quantitative estimate of drug-likeness (QED) is 0.0789. The topological polar surface area (TPSA) is 321 Å². The minimum atomic E-state index is -1.03. The van der Waals surface area contributed by atoms with Gasteiger partial charge in [-0.05, 0) is 104 Å². The molecule has 2 saturated carbocycles. The molecule has 6 atom stereocenters. The number of piperidine rings is 4. The normalized spacial score (nSPS) is 21.7. The molecule has 6 N–H and O–H groups in total. The van der Waals surface area contributed by atoms with Gasteiger partial charge in [-0.25, -0.2) is 34.3 Å². The first-order valence-corrected chi connectivity index (χ1v) is 31.4. The number of ether oxygens (including phenoxy) is 2. The van der Waals surface area contributed by atoms with Crippen molar-refractivity contribution in [3.05, 3.63) is 83.7 Å². The van der Waals surface area contributed by atoms with Gasteiger partial charge in [-0.1, -0.05) is 25.7 Å². The minimum absolute atomic E-state index is 0.0599. The van der Waals surface area contributed by atoms with Crippen LogP contribution >= 0.6 is 0 Å². The van der Waals surface area contributed by atoms with E-state index in [1.54, 1.807) is 83.3 Å². The Bertz CT molecular complexity index is 3590. The van der Waals surface area contributed by atoms with E-state index in [1.807, 2.05) is 58.2 Å². The molecule has 27 heteroatoms. The number of aliphatic hydroxyl groups is 2. The van der Waals surface area contributed by atoms with Crippen molar-refractivity contribution in [3.8, 4) is 0 Å². The van der Waals surface area contributed by atoms with Crippen molar-refractivity contribution in [2.45, 2.75) is 128 Å². The fourth-order valence-corrected chi connectivity index (χ4v) is 13.0. The van der Waals surface area contributed by atoms with Crippen LogP contribution in [-0.2, 0) is 9.47 Å². The van der Waals surface area contributed by atoms with Gasteiger partial charge >= 0.3 is 18.2 Å². The van der Waals surface area contributed by atoms with Gasteiger partial charge in [-0.15, -0.1) is 0 Å². The molecule has 0 radical (unpaired) electrons. The van der Waals surface area contributed by atoms with Gasteiger partial charge in [0.25, 0.3) is 17.7 Å². The van der Waals surface area contributed by atoms with Gasteiger partial charge in [0.15, 0.2) is 0 Å². The van der Waals surface area contributed by atoms with E-state index in [4.69, 9.17) is 19.6 Å². The zero-order valence-corrected chi connectivity index (χ0v) is 53.6. The number of aliphatic hydroxyl groups excluding tert-OH is 2. The van der Waals surface area contributed by atoms with Crippen molar-refractivity contribution >= 4 is 81.5 Å². The molecule has 5 amide bonds. The summed E-state index contributed by atoms with van der Waals surface area (Å²) in [6.45, 7) is 15.1. The first-order valence-electron chi connectivity index (χ1n) is 31.4. The van der Waals surface area contributed by atoms with Crippen LogP contribution in [0.2, 0.25) is 0 Å². The minimum Gasteiger partial charge on any atom is -0.478 e. The number of hydrogen-bond acceptors (Lipinski definition) is 19. The molecule has 488 valence electrons. The average Bonchev–Trinajstić information content (AvgIpc) is 1.79. The molecule has 91 heavy (non-hydrogen) atoms. The number of carbonyl (C=O) groups excluding carboxylic acids is 5. The highest BCUT2D eigenvalue weighted by atomic mass is 16.6. The van der Waals surface area contributed by atoms with Crippen LogP contribution in [-0.4, -0.2) is 219 Å². The third kappa shape index (κ3) is 15.3. The SMILES string of the molecule is CC(C)(C)OC(=O)N1C[C@H]2CNC[C@@H](C1)C2O.CN(C)C(=O)c1cc2cnc(Nc3ccc(C(=O)N4C[C@H]5CN(C(=O)OC(C)(C)C)C[C@@H](C4)C5O)cn3)nc2n1C1CCCC1.CN(C)C(=O)c1cc2cnc(Nc3ccc(C(=O)O)cn3)nc2n1C1CCCC1. The van der Waals surface area contributed by atoms with Gasteiger partial charge in [0.1, 0.15) is 45.5 Å². The van der Waals surface area contributed by atoms with E-state index >= 15 is 0 Å². The lowest BCUT2D eigenvalue weighted by Crippen LogP contribution is -2.62. The largest absolute Gasteiger partial charge is 0.478 e. The fraction of sp³-hybridized carbons (Fsp3) is 0.562. The number of likely N-dealkylation sites (tertiary alicyclic amines) is 3. The molecular weight excluding hydrogens is 1170 g/mol. The van der Waals surface area contributed by atoms with Gasteiger partial charge in [0.05, 0.1) is 23.3 Å². The van der Waals surface area contributed by atoms with Crippen molar-refractivity contribution in [2.24, 2.45) is 23.7 Å². The highest BCUT2D eigenvalue weighted by Crippen LogP contribution is 2.38. The van der Waals surface area contributed by atoms with E-state index in [0.717, 1.165) is 75.2 Å². The predicted octanol–water partition coefficient (Wildman–Crippen LogP) is 7.21. The smallest absolute Gasteiger partial charge is 0.410 e. The number of fused-ring (bicyclic) bond motifs is 6. The van der Waals surface area contributed by atoms with Crippen LogP contribution in [0.5, 0.6) is 0 Å². The summed E-state index contributed by atoms with van der Waals surface area (Å²) in [5.74, 6) is 0.0338. The molecule has 4 bridgehead atoms. The molecule has 12 rings (SSSR count). The number of nitrogens with one attached hydrogen (secondary N) is 3. The molecular formula is C64H86N16O11. The van der Waals surface area contributed by atoms with Crippen molar-refractivity contribution in [3.63, 3.8) is 0 Å². The number of aromatic carboxylic acids is 1. The second-order valence-corrected chi connectivity index (χ2v) is 27.1. The lowest BCUT2D eigenvalue weighted by Gasteiger charge is -2.48. The Hall–Kier alpha value is -8.56. The summed E-state index contributed by atoms with van der Waals surface area (Å²) in [6, 6.07) is 10.6. The lowest BCUT2D eigenvalue weighted by atomic mass is 9.81. The summed E-state index contributed by atoms with van der Waals surface area (Å²) in [6.07, 6.45) is 13.2. The van der Waals surface area contributed by atoms with Crippen molar-refractivity contribution < 1.29 is 53.6 Å². The number of hydrogen-bond donors (Lipinski definition) is 6. The Morgan fingerprint density at radius 1 is 0.538 bits per heavy atom. The third-order valence-corrected chi connectivity index (χ3v) is 17.3. The van der Waals surface area contributed by atoms with E-state index in [0.29, 0.717) is 91.0 Å². The van der Waals surface area contributed by atoms with Crippen LogP contribution in [0.1, 0.15) is 147 Å². The number of pyridine rings is 2. The number of carboxylic acids is 1. The highest BCUT2D eigenvalue weighted by Gasteiger charge is 2.45. The van der Waals surface area contributed by atoms with E-state index in [9.17, 15) is 39.0 Å². The number of carbonyl (C=O) groups is 6. The molecule has 2 unspecified atom stereocenters. The van der Waals surface area contributed by atoms with Crippen LogP contribution in [0.4, 0.5) is 33.1 Å². The summed E-state index contributed by atoms with van der Waals surface area (Å²) >= 11 is 0. The van der Waals surface area contributed by atoms with Crippen molar-refractivity contribution in [2.75, 3.05) is 91.2 Å². The lowest BCUT2D eigenvalue weighted by molar-refractivity contribution is -0.0727. The number of amides is 5. The second-order valence-electron chi connectivity index (χ2n) is 27.1. The molecule has 6 aromatic heterocycles. The van der Waals surface area contributed by atoms with Crippen molar-refractivity contribution in [1.29, 1.82) is 0 Å². The first-order chi connectivity index (χ1) is 43.2. The fourth-order valence-electron chi connectivity index (χ4n) is 13.0. The van der Waals surface area contributed by atoms with Gasteiger partial charge in [-0.2, -0.15) is 9.97 Å². The van der Waals surface area contributed by atoms with Gasteiger partial charge in [0, 0.05) is 152 Å². The van der Waals surface area contributed by atoms with E-state index in [1.165, 1.54) is 18.5 Å². The summed E-state index contributed by atoms with van der Waals surface area (Å²) in [7, 11) is 6.98. The predicted molar refractivity (Wildman–Crippen MR) is 338 cm³/mol. The summed E-state index contributed by atoms with van der Waals surface area (Å²) < 4.78 is 15.0. The van der Waals surface area contributed by atoms with Gasteiger partial charge in [0.2, 0.25) is 11.9 Å². The van der Waals surface area contributed by atoms with Crippen LogP contribution in [0.25, 0.3) is 22.1 Å². The van der Waals surface area contributed by atoms with E-state index < -0.39 is 29.4 Å². The Kier molecular flexibility index (Phi) is 19.5. The Morgan fingerprint density at radius 3 is 1.30 bits per heavy atom. The summed E-state index contributed by atoms with van der Waals surface area (Å²) in [5.41, 5.74) is 2.12. The molecule has 6 fully saturated rings. The maximum absolute atomic E-state index is 13.4. The monoisotopic (exact) mass is 1250 g/mol. The zero-order chi connectivity index (χ0) is 65.2. The van der Waals surface area contributed by atoms with Gasteiger partial charge < -0.3 is 74.4 Å². The highest BCUT2D eigenvalue weighted by molar-refractivity contribution is 5.99. The Morgan fingerprint density at radius 2 is 0.923 bits per heavy atom. The Labute approximate surface area is 528 Å². The van der Waals surface area contributed by atoms with Crippen LogP contribution in [0.3, 0.4) is 0 Å². The molecule has 6 aromatic rings. The molecule has 4 saturated heterocycles. The number of aromatic nitrogens is 8. The molecule has 0 spiro atoms. The first kappa shape index (κ1) is 65.4. The third-order valence-electron chi connectivity index (χ3n) is 17.3. The Balaban J connectivity index is 0.000000168.